The van der Waals surface area contributed by atoms with Crippen molar-refractivity contribution in [1.82, 2.24) is 5.32 Å². The van der Waals surface area contributed by atoms with Gasteiger partial charge >= 0.3 is 0 Å². The molecule has 1 N–H and O–H groups in total. The van der Waals surface area contributed by atoms with Crippen LogP contribution in [0.1, 0.15) is 44.6 Å². The summed E-state index contributed by atoms with van der Waals surface area (Å²) in [6, 6.07) is 6.77. The molecule has 1 saturated carbocycles. The maximum atomic E-state index is 5.42. The van der Waals surface area contributed by atoms with Crippen LogP contribution in [0.5, 0.6) is 5.75 Å². The van der Waals surface area contributed by atoms with Crippen LogP contribution in [0.15, 0.2) is 22.7 Å². The minimum absolute atomic E-state index is 0.587. The zero-order valence-electron chi connectivity index (χ0n) is 11.9. The van der Waals surface area contributed by atoms with Crippen molar-refractivity contribution < 1.29 is 4.74 Å². The molecule has 2 nitrogen and oxygen atoms in total. The van der Waals surface area contributed by atoms with Gasteiger partial charge in [0, 0.05) is 22.6 Å². The average Bonchev–Trinajstić information content (AvgIpc) is 2.46. The number of methoxy groups -OCH3 is 1. The molecule has 1 aromatic carbocycles. The summed E-state index contributed by atoms with van der Waals surface area (Å²) >= 11 is 3.53. The Balaban J connectivity index is 1.92. The Hall–Kier alpha value is -0.540. The van der Waals surface area contributed by atoms with E-state index in [0.29, 0.717) is 6.04 Å². The molecule has 1 aliphatic rings. The van der Waals surface area contributed by atoms with E-state index in [4.69, 9.17) is 4.74 Å². The Bertz CT molecular complexity index is 402. The van der Waals surface area contributed by atoms with Crippen molar-refractivity contribution >= 4 is 15.9 Å². The third-order valence-electron chi connectivity index (χ3n) is 4.21. The van der Waals surface area contributed by atoms with Gasteiger partial charge in [-0.05, 0) is 43.9 Å². The summed E-state index contributed by atoms with van der Waals surface area (Å²) in [7, 11) is 1.73. The van der Waals surface area contributed by atoms with Crippen LogP contribution in [0.2, 0.25) is 0 Å². The Morgan fingerprint density at radius 2 is 2.05 bits per heavy atom. The predicted octanol–water partition coefficient (Wildman–Crippen LogP) is 4.52. The lowest BCUT2D eigenvalue weighted by Crippen LogP contribution is -2.34. The lowest BCUT2D eigenvalue weighted by molar-refractivity contribution is 0.279. The molecule has 1 atom stereocenters. The van der Waals surface area contributed by atoms with Gasteiger partial charge in [0.1, 0.15) is 5.75 Å². The molecule has 3 heteroatoms. The van der Waals surface area contributed by atoms with E-state index < -0.39 is 0 Å². The van der Waals surface area contributed by atoms with Gasteiger partial charge in [-0.15, -0.1) is 0 Å². The van der Waals surface area contributed by atoms with Gasteiger partial charge in [0.05, 0.1) is 7.11 Å². The van der Waals surface area contributed by atoms with Crippen molar-refractivity contribution in [2.24, 2.45) is 5.92 Å². The van der Waals surface area contributed by atoms with Gasteiger partial charge in [0.25, 0.3) is 0 Å². The molecule has 0 aliphatic heterocycles. The number of hydrogen-bond donors (Lipinski definition) is 1. The normalized spacial score (nSPS) is 18.3. The van der Waals surface area contributed by atoms with Gasteiger partial charge in [-0.2, -0.15) is 0 Å². The molecule has 1 aliphatic carbocycles. The molecule has 1 fully saturated rings. The van der Waals surface area contributed by atoms with E-state index in [9.17, 15) is 0 Å². The third-order valence-corrected chi connectivity index (χ3v) is 4.71. The topological polar surface area (TPSA) is 21.3 Å². The van der Waals surface area contributed by atoms with Crippen LogP contribution in [-0.4, -0.2) is 13.2 Å². The lowest BCUT2D eigenvalue weighted by atomic mass is 9.84. The smallest absolute Gasteiger partial charge is 0.123 e. The van der Waals surface area contributed by atoms with Crippen LogP contribution in [0, 0.1) is 5.92 Å². The average molecular weight is 326 g/mol. The fourth-order valence-corrected chi connectivity index (χ4v) is 3.37. The fourth-order valence-electron chi connectivity index (χ4n) is 2.96. The highest BCUT2D eigenvalue weighted by Gasteiger charge is 2.19. The van der Waals surface area contributed by atoms with Gasteiger partial charge in [-0.25, -0.2) is 0 Å². The minimum Gasteiger partial charge on any atom is -0.496 e. The second-order valence-electron chi connectivity index (χ2n) is 5.52. The van der Waals surface area contributed by atoms with Crippen molar-refractivity contribution in [3.05, 3.63) is 28.2 Å². The van der Waals surface area contributed by atoms with E-state index >= 15 is 0 Å². The molecule has 0 radical (unpaired) electrons. The molecule has 0 saturated heterocycles. The van der Waals surface area contributed by atoms with Crippen LogP contribution in [0.25, 0.3) is 0 Å². The van der Waals surface area contributed by atoms with Gasteiger partial charge in [0.2, 0.25) is 0 Å². The fraction of sp³-hybridized carbons (Fsp3) is 0.625. The van der Waals surface area contributed by atoms with Crippen molar-refractivity contribution in [3.63, 3.8) is 0 Å². The molecule has 19 heavy (non-hydrogen) atoms. The molecular formula is C16H24BrNO. The Morgan fingerprint density at radius 3 is 2.74 bits per heavy atom. The minimum atomic E-state index is 0.587. The van der Waals surface area contributed by atoms with E-state index in [-0.39, 0.29) is 0 Å². The van der Waals surface area contributed by atoms with E-state index in [0.717, 1.165) is 22.7 Å². The third kappa shape index (κ3) is 4.22. The van der Waals surface area contributed by atoms with Gasteiger partial charge in [0.15, 0.2) is 0 Å². The second kappa shape index (κ2) is 7.30. The number of nitrogens with one attached hydrogen (secondary N) is 1. The predicted molar refractivity (Wildman–Crippen MR) is 83.6 cm³/mol. The summed E-state index contributed by atoms with van der Waals surface area (Å²) in [6.45, 7) is 3.20. The van der Waals surface area contributed by atoms with Crippen molar-refractivity contribution in [2.45, 2.75) is 51.6 Å². The molecule has 0 amide bonds. The molecule has 2 rings (SSSR count). The Kier molecular flexibility index (Phi) is 5.71. The number of rotatable bonds is 5. The number of hydrogen-bond acceptors (Lipinski definition) is 2. The lowest BCUT2D eigenvalue weighted by Gasteiger charge is -2.28. The SMILES string of the molecule is COc1ccc(Br)cc1CN[C@@H](C)C1CCCCC1. The molecular weight excluding hydrogens is 302 g/mol. The van der Waals surface area contributed by atoms with E-state index in [1.165, 1.54) is 37.7 Å². The van der Waals surface area contributed by atoms with Crippen LogP contribution >= 0.6 is 15.9 Å². The summed E-state index contributed by atoms with van der Waals surface area (Å²) in [5.41, 5.74) is 1.22. The largest absolute Gasteiger partial charge is 0.496 e. The van der Waals surface area contributed by atoms with Gasteiger partial charge in [-0.1, -0.05) is 35.2 Å². The van der Waals surface area contributed by atoms with Crippen LogP contribution < -0.4 is 10.1 Å². The standard InChI is InChI=1S/C16H24BrNO/c1-12(13-6-4-3-5-7-13)18-11-14-10-15(17)8-9-16(14)19-2/h8-10,12-13,18H,3-7,11H2,1-2H3/t12-/m0/s1. The van der Waals surface area contributed by atoms with Crippen molar-refractivity contribution in [3.8, 4) is 5.75 Å². The Morgan fingerprint density at radius 1 is 1.32 bits per heavy atom. The van der Waals surface area contributed by atoms with Gasteiger partial charge in [-0.3, -0.25) is 0 Å². The van der Waals surface area contributed by atoms with E-state index in [2.05, 4.69) is 34.2 Å². The number of ether oxygens (including phenoxy) is 1. The highest BCUT2D eigenvalue weighted by molar-refractivity contribution is 9.10. The summed E-state index contributed by atoms with van der Waals surface area (Å²) < 4.78 is 6.52. The monoisotopic (exact) mass is 325 g/mol. The highest BCUT2D eigenvalue weighted by atomic mass is 79.9. The first kappa shape index (κ1) is 14.9. The summed E-state index contributed by atoms with van der Waals surface area (Å²) in [4.78, 5) is 0. The quantitative estimate of drug-likeness (QED) is 0.859. The summed E-state index contributed by atoms with van der Waals surface area (Å²) in [5, 5.41) is 3.67. The zero-order chi connectivity index (χ0) is 13.7. The van der Waals surface area contributed by atoms with Crippen LogP contribution in [0.4, 0.5) is 0 Å². The molecule has 1 aromatic rings. The zero-order valence-corrected chi connectivity index (χ0v) is 13.5. The molecule has 0 heterocycles. The molecule has 106 valence electrons. The van der Waals surface area contributed by atoms with Crippen LogP contribution in [-0.2, 0) is 6.54 Å². The first-order valence-corrected chi connectivity index (χ1v) is 8.06. The van der Waals surface area contributed by atoms with Crippen LogP contribution in [0.3, 0.4) is 0 Å². The van der Waals surface area contributed by atoms with E-state index in [1.54, 1.807) is 7.11 Å². The Labute approximate surface area is 125 Å². The number of benzene rings is 1. The summed E-state index contributed by atoms with van der Waals surface area (Å²) in [5.74, 6) is 1.80. The molecule has 0 bridgehead atoms. The maximum Gasteiger partial charge on any atom is 0.123 e. The van der Waals surface area contributed by atoms with Crippen molar-refractivity contribution in [1.29, 1.82) is 0 Å². The van der Waals surface area contributed by atoms with Gasteiger partial charge < -0.3 is 10.1 Å². The number of halogens is 1. The highest BCUT2D eigenvalue weighted by Crippen LogP contribution is 2.27. The first-order valence-electron chi connectivity index (χ1n) is 7.26. The molecule has 0 aromatic heterocycles. The molecule has 0 spiro atoms. The van der Waals surface area contributed by atoms with E-state index in [1.807, 2.05) is 12.1 Å². The second-order valence-corrected chi connectivity index (χ2v) is 6.44. The maximum absolute atomic E-state index is 5.42. The van der Waals surface area contributed by atoms with Crippen molar-refractivity contribution in [2.75, 3.05) is 7.11 Å². The summed E-state index contributed by atoms with van der Waals surface area (Å²) in [6.07, 6.45) is 6.98. The molecule has 0 unspecified atom stereocenters. The first-order chi connectivity index (χ1) is 9.20.